The van der Waals surface area contributed by atoms with Gasteiger partial charge in [-0.3, -0.25) is 4.79 Å². The van der Waals surface area contributed by atoms with E-state index in [0.29, 0.717) is 5.78 Å². The van der Waals surface area contributed by atoms with E-state index in [4.69, 9.17) is 0 Å². The zero-order valence-corrected chi connectivity index (χ0v) is 10.6. The quantitative estimate of drug-likeness (QED) is 0.831. The van der Waals surface area contributed by atoms with E-state index < -0.39 is 0 Å². The molecule has 92 valence electrons. The highest BCUT2D eigenvalue weighted by Gasteiger charge is 2.49. The lowest BCUT2D eigenvalue weighted by molar-refractivity contribution is 0.0902. The fourth-order valence-corrected chi connectivity index (χ4v) is 2.68. The summed E-state index contributed by atoms with van der Waals surface area (Å²) in [4.78, 5) is 12.7. The molecule has 3 rings (SSSR count). The summed E-state index contributed by atoms with van der Waals surface area (Å²) in [5.41, 5.74) is 0.736. The molecule has 0 heterocycles. The Kier molecular flexibility index (Phi) is 2.67. The summed E-state index contributed by atoms with van der Waals surface area (Å²) in [6.45, 7) is 0.787. The Labute approximate surface area is 107 Å². The maximum atomic E-state index is 12.7. The van der Waals surface area contributed by atoms with E-state index in [9.17, 15) is 4.79 Å². The summed E-state index contributed by atoms with van der Waals surface area (Å²) >= 11 is 0. The zero-order chi connectivity index (χ0) is 12.6. The highest BCUT2D eigenvalue weighted by molar-refractivity contribution is 6.11. The molecule has 2 aromatic rings. The average Bonchev–Trinajstić information content (AvgIpc) is 3.19. The van der Waals surface area contributed by atoms with Crippen molar-refractivity contribution in [2.45, 2.75) is 12.8 Å². The van der Waals surface area contributed by atoms with E-state index in [1.807, 2.05) is 37.4 Å². The molecule has 0 aliphatic heterocycles. The molecule has 1 aliphatic carbocycles. The maximum Gasteiger partial charge on any atom is 0.170 e. The topological polar surface area (TPSA) is 29.1 Å². The predicted molar refractivity (Wildman–Crippen MR) is 73.9 cm³/mol. The number of rotatable bonds is 4. The van der Waals surface area contributed by atoms with Crippen molar-refractivity contribution >= 4 is 16.6 Å². The molecule has 0 radical (unpaired) electrons. The molecule has 0 aromatic heterocycles. The van der Waals surface area contributed by atoms with Crippen molar-refractivity contribution in [3.05, 3.63) is 48.0 Å². The van der Waals surface area contributed by atoms with Gasteiger partial charge in [0.15, 0.2) is 5.78 Å². The van der Waals surface area contributed by atoms with Gasteiger partial charge in [-0.1, -0.05) is 42.5 Å². The third-order valence-corrected chi connectivity index (χ3v) is 3.88. The van der Waals surface area contributed by atoms with Gasteiger partial charge in [0.2, 0.25) is 0 Å². The summed E-state index contributed by atoms with van der Waals surface area (Å²) in [7, 11) is 1.91. The zero-order valence-electron chi connectivity index (χ0n) is 10.6. The Morgan fingerprint density at radius 2 is 1.89 bits per heavy atom. The van der Waals surface area contributed by atoms with Gasteiger partial charge >= 0.3 is 0 Å². The Morgan fingerprint density at radius 3 is 2.61 bits per heavy atom. The molecule has 1 aliphatic rings. The molecule has 1 fully saturated rings. The van der Waals surface area contributed by atoms with Gasteiger partial charge in [-0.05, 0) is 30.7 Å². The molecule has 0 atom stereocenters. The van der Waals surface area contributed by atoms with Crippen molar-refractivity contribution in [2.24, 2.45) is 5.41 Å². The minimum absolute atomic E-state index is 0.140. The number of hydrogen-bond donors (Lipinski definition) is 1. The molecule has 0 saturated heterocycles. The van der Waals surface area contributed by atoms with Crippen LogP contribution in [-0.2, 0) is 0 Å². The van der Waals surface area contributed by atoms with Gasteiger partial charge in [0.05, 0.1) is 0 Å². The third kappa shape index (κ3) is 1.73. The fourth-order valence-electron chi connectivity index (χ4n) is 2.68. The molecule has 0 amide bonds. The van der Waals surface area contributed by atoms with Crippen LogP contribution >= 0.6 is 0 Å². The largest absolute Gasteiger partial charge is 0.319 e. The standard InChI is InChI=1S/C16H17NO/c1-17-11-16(9-10-16)15(18)14-8-4-6-12-5-2-3-7-13(12)14/h2-8,17H,9-11H2,1H3. The summed E-state index contributed by atoms with van der Waals surface area (Å²) < 4.78 is 0. The summed E-state index contributed by atoms with van der Waals surface area (Å²) in [6.07, 6.45) is 2.02. The molecule has 2 nitrogen and oxygen atoms in total. The number of carbonyl (C=O) groups is 1. The van der Waals surface area contributed by atoms with Crippen LogP contribution in [0.1, 0.15) is 23.2 Å². The van der Waals surface area contributed by atoms with E-state index in [2.05, 4.69) is 17.4 Å². The number of nitrogens with one attached hydrogen (secondary N) is 1. The minimum Gasteiger partial charge on any atom is -0.319 e. The van der Waals surface area contributed by atoms with E-state index in [0.717, 1.165) is 35.7 Å². The van der Waals surface area contributed by atoms with E-state index in [1.165, 1.54) is 0 Å². The van der Waals surface area contributed by atoms with Crippen LogP contribution in [-0.4, -0.2) is 19.4 Å². The first kappa shape index (κ1) is 11.4. The van der Waals surface area contributed by atoms with Gasteiger partial charge in [-0.25, -0.2) is 0 Å². The molecule has 2 aromatic carbocycles. The van der Waals surface area contributed by atoms with Crippen LogP contribution in [0.4, 0.5) is 0 Å². The van der Waals surface area contributed by atoms with E-state index in [1.54, 1.807) is 0 Å². The number of benzene rings is 2. The van der Waals surface area contributed by atoms with Crippen LogP contribution in [0.25, 0.3) is 10.8 Å². The second kappa shape index (κ2) is 4.21. The number of carbonyl (C=O) groups excluding carboxylic acids is 1. The van der Waals surface area contributed by atoms with Gasteiger partial charge in [0.25, 0.3) is 0 Å². The highest BCUT2D eigenvalue weighted by atomic mass is 16.1. The van der Waals surface area contributed by atoms with Crippen LogP contribution in [0, 0.1) is 5.41 Å². The predicted octanol–water partition coefficient (Wildman–Crippen LogP) is 3.02. The van der Waals surface area contributed by atoms with Gasteiger partial charge in [-0.15, -0.1) is 0 Å². The van der Waals surface area contributed by atoms with Crippen molar-refractivity contribution in [1.82, 2.24) is 5.32 Å². The molecule has 0 bridgehead atoms. The molecule has 18 heavy (non-hydrogen) atoms. The van der Waals surface area contributed by atoms with Crippen molar-refractivity contribution in [3.8, 4) is 0 Å². The van der Waals surface area contributed by atoms with Crippen molar-refractivity contribution in [1.29, 1.82) is 0 Å². The van der Waals surface area contributed by atoms with Gasteiger partial charge in [0, 0.05) is 17.5 Å². The third-order valence-electron chi connectivity index (χ3n) is 3.88. The Bertz CT molecular complexity index is 594. The van der Waals surface area contributed by atoms with Crippen LogP contribution in [0.3, 0.4) is 0 Å². The number of Topliss-reactive ketones (excluding diaryl/α,β-unsaturated/α-hetero) is 1. The van der Waals surface area contributed by atoms with Crippen LogP contribution in [0.15, 0.2) is 42.5 Å². The summed E-state index contributed by atoms with van der Waals surface area (Å²) in [5.74, 6) is 0.300. The van der Waals surface area contributed by atoms with Gasteiger partial charge in [0.1, 0.15) is 0 Å². The summed E-state index contributed by atoms with van der Waals surface area (Å²) in [5, 5.41) is 5.37. The highest BCUT2D eigenvalue weighted by Crippen LogP contribution is 2.48. The van der Waals surface area contributed by atoms with E-state index in [-0.39, 0.29) is 5.41 Å². The Hall–Kier alpha value is -1.67. The molecule has 0 unspecified atom stereocenters. The molecular weight excluding hydrogens is 222 g/mol. The fraction of sp³-hybridized carbons (Fsp3) is 0.312. The molecule has 0 spiro atoms. The van der Waals surface area contributed by atoms with Crippen LogP contribution < -0.4 is 5.32 Å². The number of fused-ring (bicyclic) bond motifs is 1. The normalized spacial score (nSPS) is 16.7. The van der Waals surface area contributed by atoms with Gasteiger partial charge in [-0.2, -0.15) is 0 Å². The number of ketones is 1. The smallest absolute Gasteiger partial charge is 0.170 e. The Balaban J connectivity index is 2.07. The van der Waals surface area contributed by atoms with Crippen molar-refractivity contribution in [2.75, 3.05) is 13.6 Å². The lowest BCUT2D eigenvalue weighted by atomic mass is 9.91. The first-order valence-electron chi connectivity index (χ1n) is 6.44. The molecule has 1 saturated carbocycles. The second-order valence-corrected chi connectivity index (χ2v) is 5.17. The minimum atomic E-state index is -0.140. The lowest BCUT2D eigenvalue weighted by Gasteiger charge is -2.14. The van der Waals surface area contributed by atoms with Crippen molar-refractivity contribution < 1.29 is 4.79 Å². The average molecular weight is 239 g/mol. The first-order chi connectivity index (χ1) is 8.77. The second-order valence-electron chi connectivity index (χ2n) is 5.17. The van der Waals surface area contributed by atoms with Gasteiger partial charge < -0.3 is 5.32 Å². The summed E-state index contributed by atoms with van der Waals surface area (Å²) in [6, 6.07) is 14.1. The molecule has 2 heteroatoms. The van der Waals surface area contributed by atoms with Crippen LogP contribution in [0.5, 0.6) is 0 Å². The first-order valence-corrected chi connectivity index (χ1v) is 6.44. The lowest BCUT2D eigenvalue weighted by Crippen LogP contribution is -2.28. The van der Waals surface area contributed by atoms with Crippen LogP contribution in [0.2, 0.25) is 0 Å². The maximum absolute atomic E-state index is 12.7. The van der Waals surface area contributed by atoms with E-state index >= 15 is 0 Å². The molecule has 1 N–H and O–H groups in total. The Morgan fingerprint density at radius 1 is 1.17 bits per heavy atom. The molecular formula is C16H17NO. The number of hydrogen-bond acceptors (Lipinski definition) is 2. The SMILES string of the molecule is CNCC1(C(=O)c2cccc3ccccc23)CC1. The monoisotopic (exact) mass is 239 g/mol. The van der Waals surface area contributed by atoms with Crippen molar-refractivity contribution in [3.63, 3.8) is 0 Å².